The van der Waals surface area contributed by atoms with Gasteiger partial charge in [-0.25, -0.2) is 0 Å². The van der Waals surface area contributed by atoms with E-state index in [2.05, 4.69) is 34.7 Å². The molecular formula is C20H28BrN3O2. The summed E-state index contributed by atoms with van der Waals surface area (Å²) in [7, 11) is 0. The van der Waals surface area contributed by atoms with Gasteiger partial charge in [0.15, 0.2) is 0 Å². The molecule has 0 N–H and O–H groups in total. The van der Waals surface area contributed by atoms with E-state index in [0.717, 1.165) is 30.7 Å². The van der Waals surface area contributed by atoms with E-state index in [-0.39, 0.29) is 11.8 Å². The lowest BCUT2D eigenvalue weighted by molar-refractivity contribution is -0.135. The van der Waals surface area contributed by atoms with E-state index < -0.39 is 0 Å². The third kappa shape index (κ3) is 4.86. The maximum atomic E-state index is 12.6. The summed E-state index contributed by atoms with van der Waals surface area (Å²) in [5.41, 5.74) is 0.717. The summed E-state index contributed by atoms with van der Waals surface area (Å²) in [5, 5.41) is 0. The van der Waals surface area contributed by atoms with Crippen LogP contribution >= 0.6 is 15.9 Å². The van der Waals surface area contributed by atoms with Gasteiger partial charge in [-0.15, -0.1) is 0 Å². The van der Waals surface area contributed by atoms with Crippen LogP contribution in [0.3, 0.4) is 0 Å². The Bertz CT molecular complexity index is 631. The molecule has 0 spiro atoms. The largest absolute Gasteiger partial charge is 0.341 e. The highest BCUT2D eigenvalue weighted by molar-refractivity contribution is 9.10. The lowest BCUT2D eigenvalue weighted by Crippen LogP contribution is -2.53. The fourth-order valence-electron chi connectivity index (χ4n) is 4.04. The molecule has 6 heteroatoms. The van der Waals surface area contributed by atoms with Gasteiger partial charge in [0.2, 0.25) is 5.91 Å². The second-order valence-corrected chi connectivity index (χ2v) is 8.74. The van der Waals surface area contributed by atoms with Crippen LogP contribution in [0.25, 0.3) is 0 Å². The summed E-state index contributed by atoms with van der Waals surface area (Å²) in [6, 6.07) is 7.48. The van der Waals surface area contributed by atoms with E-state index in [4.69, 9.17) is 0 Å². The zero-order valence-corrected chi connectivity index (χ0v) is 17.2. The molecule has 2 amide bonds. The zero-order valence-electron chi connectivity index (χ0n) is 15.7. The Morgan fingerprint density at radius 1 is 0.962 bits per heavy atom. The van der Waals surface area contributed by atoms with E-state index in [1.807, 2.05) is 34.1 Å². The van der Waals surface area contributed by atoms with Crippen molar-refractivity contribution in [2.45, 2.75) is 20.3 Å². The van der Waals surface area contributed by atoms with Gasteiger partial charge in [0.1, 0.15) is 0 Å². The Hall–Kier alpha value is -1.40. The summed E-state index contributed by atoms with van der Waals surface area (Å²) in [4.78, 5) is 31.3. The van der Waals surface area contributed by atoms with Crippen molar-refractivity contribution in [3.63, 3.8) is 0 Å². The first-order valence-electron chi connectivity index (χ1n) is 9.47. The summed E-state index contributed by atoms with van der Waals surface area (Å²) >= 11 is 3.39. The molecule has 3 rings (SSSR count). The molecule has 0 unspecified atom stereocenters. The second-order valence-electron chi connectivity index (χ2n) is 7.82. The van der Waals surface area contributed by atoms with Crippen molar-refractivity contribution in [2.24, 2.45) is 11.8 Å². The standard InChI is InChI=1S/C20H28BrN3O2/c1-15-11-16(2)13-24(12-15)19(25)14-22-7-9-23(10-8-22)20(26)17-3-5-18(21)6-4-17/h3-6,15-16H,7-14H2,1-2H3/t15-,16+. The highest BCUT2D eigenvalue weighted by Crippen LogP contribution is 2.21. The number of nitrogens with zero attached hydrogens (tertiary/aromatic N) is 3. The van der Waals surface area contributed by atoms with Crippen molar-refractivity contribution >= 4 is 27.7 Å². The maximum absolute atomic E-state index is 12.6. The molecule has 2 aliphatic heterocycles. The number of rotatable bonds is 3. The molecule has 2 aliphatic rings. The van der Waals surface area contributed by atoms with Crippen molar-refractivity contribution in [3.05, 3.63) is 34.3 Å². The molecule has 142 valence electrons. The summed E-state index contributed by atoms with van der Waals surface area (Å²) in [6.07, 6.45) is 1.21. The predicted octanol–water partition coefficient (Wildman–Crippen LogP) is 2.71. The quantitative estimate of drug-likeness (QED) is 0.753. The molecule has 2 saturated heterocycles. The van der Waals surface area contributed by atoms with Gasteiger partial charge in [0.05, 0.1) is 6.54 Å². The number of benzene rings is 1. The minimum absolute atomic E-state index is 0.0714. The number of carbonyl (C=O) groups excluding carboxylic acids is 2. The topological polar surface area (TPSA) is 43.9 Å². The number of halogens is 1. The second kappa shape index (κ2) is 8.53. The van der Waals surface area contributed by atoms with E-state index in [1.54, 1.807) is 0 Å². The molecular weight excluding hydrogens is 394 g/mol. The van der Waals surface area contributed by atoms with Crippen LogP contribution in [0.5, 0.6) is 0 Å². The molecule has 2 fully saturated rings. The van der Waals surface area contributed by atoms with Crippen molar-refractivity contribution in [1.29, 1.82) is 0 Å². The molecule has 1 aromatic rings. The number of amides is 2. The van der Waals surface area contributed by atoms with Crippen molar-refractivity contribution in [3.8, 4) is 0 Å². The van der Waals surface area contributed by atoms with Gasteiger partial charge in [0, 0.05) is 49.3 Å². The molecule has 0 bridgehead atoms. The van der Waals surface area contributed by atoms with Crippen LogP contribution in [0.1, 0.15) is 30.6 Å². The predicted molar refractivity (Wildman–Crippen MR) is 106 cm³/mol. The fraction of sp³-hybridized carbons (Fsp3) is 0.600. The highest BCUT2D eigenvalue weighted by atomic mass is 79.9. The normalized spacial score (nSPS) is 24.6. The van der Waals surface area contributed by atoms with E-state index in [0.29, 0.717) is 37.0 Å². The Kier molecular flexibility index (Phi) is 6.35. The fourth-order valence-corrected chi connectivity index (χ4v) is 4.31. The lowest BCUT2D eigenvalue weighted by Gasteiger charge is -2.38. The van der Waals surface area contributed by atoms with Crippen LogP contribution in [-0.2, 0) is 4.79 Å². The third-order valence-corrected chi connectivity index (χ3v) is 5.86. The molecule has 0 aliphatic carbocycles. The number of hydrogen-bond donors (Lipinski definition) is 0. The Balaban J connectivity index is 1.48. The monoisotopic (exact) mass is 421 g/mol. The minimum atomic E-state index is 0.0714. The first-order valence-corrected chi connectivity index (χ1v) is 10.3. The van der Waals surface area contributed by atoms with Gasteiger partial charge in [-0.2, -0.15) is 0 Å². The maximum Gasteiger partial charge on any atom is 0.253 e. The van der Waals surface area contributed by atoms with Gasteiger partial charge in [-0.3, -0.25) is 14.5 Å². The van der Waals surface area contributed by atoms with Crippen molar-refractivity contribution in [1.82, 2.24) is 14.7 Å². The van der Waals surface area contributed by atoms with E-state index in [9.17, 15) is 9.59 Å². The van der Waals surface area contributed by atoms with Gasteiger partial charge in [0.25, 0.3) is 5.91 Å². The van der Waals surface area contributed by atoms with E-state index in [1.165, 1.54) is 6.42 Å². The third-order valence-electron chi connectivity index (χ3n) is 5.33. The van der Waals surface area contributed by atoms with Gasteiger partial charge in [-0.1, -0.05) is 29.8 Å². The number of piperidine rings is 1. The number of carbonyl (C=O) groups is 2. The van der Waals surface area contributed by atoms with Gasteiger partial charge >= 0.3 is 0 Å². The SMILES string of the molecule is C[C@@H]1C[C@H](C)CN(C(=O)CN2CCN(C(=O)c3ccc(Br)cc3)CC2)C1. The average molecular weight is 422 g/mol. The molecule has 26 heavy (non-hydrogen) atoms. The summed E-state index contributed by atoms with van der Waals surface area (Å²) in [6.45, 7) is 9.55. The Morgan fingerprint density at radius 3 is 2.12 bits per heavy atom. The van der Waals surface area contributed by atoms with Crippen LogP contribution < -0.4 is 0 Å². The Labute approximate surface area is 164 Å². The smallest absolute Gasteiger partial charge is 0.253 e. The first kappa shape index (κ1) is 19.4. The van der Waals surface area contributed by atoms with Crippen LogP contribution in [0.2, 0.25) is 0 Å². The van der Waals surface area contributed by atoms with E-state index >= 15 is 0 Å². The molecule has 0 saturated carbocycles. The Morgan fingerprint density at radius 2 is 1.54 bits per heavy atom. The average Bonchev–Trinajstić information content (AvgIpc) is 2.61. The van der Waals surface area contributed by atoms with Crippen LogP contribution in [0, 0.1) is 11.8 Å². The van der Waals surface area contributed by atoms with Crippen molar-refractivity contribution in [2.75, 3.05) is 45.8 Å². The van der Waals surface area contributed by atoms with Crippen LogP contribution in [-0.4, -0.2) is 72.3 Å². The molecule has 2 heterocycles. The van der Waals surface area contributed by atoms with Gasteiger partial charge in [-0.05, 0) is 42.5 Å². The van der Waals surface area contributed by atoms with Crippen LogP contribution in [0.4, 0.5) is 0 Å². The highest BCUT2D eigenvalue weighted by Gasteiger charge is 2.28. The first-order chi connectivity index (χ1) is 12.4. The number of piperazine rings is 1. The molecule has 5 nitrogen and oxygen atoms in total. The molecule has 0 radical (unpaired) electrons. The van der Waals surface area contributed by atoms with Crippen molar-refractivity contribution < 1.29 is 9.59 Å². The number of likely N-dealkylation sites (tertiary alicyclic amines) is 1. The summed E-state index contributed by atoms with van der Waals surface area (Å²) in [5.74, 6) is 1.48. The number of hydrogen-bond acceptors (Lipinski definition) is 3. The molecule has 2 atom stereocenters. The molecule has 1 aromatic carbocycles. The lowest BCUT2D eigenvalue weighted by atomic mass is 9.92. The minimum Gasteiger partial charge on any atom is -0.341 e. The van der Waals surface area contributed by atoms with Gasteiger partial charge < -0.3 is 9.80 Å². The zero-order chi connectivity index (χ0) is 18.7. The summed E-state index contributed by atoms with van der Waals surface area (Å²) < 4.78 is 0.971. The van der Waals surface area contributed by atoms with Crippen LogP contribution in [0.15, 0.2) is 28.7 Å². The molecule has 0 aromatic heterocycles.